The predicted octanol–water partition coefficient (Wildman–Crippen LogP) is 5.22. The van der Waals surface area contributed by atoms with Crippen molar-refractivity contribution in [3.63, 3.8) is 0 Å². The van der Waals surface area contributed by atoms with Crippen LogP contribution in [0, 0.1) is 15.9 Å². The van der Waals surface area contributed by atoms with E-state index < -0.39 is 16.8 Å². The van der Waals surface area contributed by atoms with Crippen molar-refractivity contribution in [2.75, 3.05) is 4.90 Å². The lowest BCUT2D eigenvalue weighted by atomic mass is 10.1. The summed E-state index contributed by atoms with van der Waals surface area (Å²) in [6.07, 6.45) is 4.30. The van der Waals surface area contributed by atoms with E-state index in [-0.39, 0.29) is 11.6 Å². The monoisotopic (exact) mass is 485 g/mol. The fourth-order valence-corrected chi connectivity index (χ4v) is 4.19. The maximum absolute atomic E-state index is 13.7. The summed E-state index contributed by atoms with van der Waals surface area (Å²) in [6.45, 7) is 0. The number of fused-ring (bicyclic) bond motifs is 1. The number of carbonyl (C=O) groups excluding carboxylic acids is 1. The zero-order chi connectivity index (χ0) is 25.2. The van der Waals surface area contributed by atoms with Crippen molar-refractivity contribution in [3.05, 3.63) is 107 Å². The summed E-state index contributed by atoms with van der Waals surface area (Å²) >= 11 is 0. The van der Waals surface area contributed by atoms with E-state index in [9.17, 15) is 19.3 Å². The highest BCUT2D eigenvalue weighted by Gasteiger charge is 2.29. The Morgan fingerprint density at radius 3 is 2.64 bits per heavy atom. The molecule has 0 fully saturated rings. The van der Waals surface area contributed by atoms with E-state index in [0.717, 1.165) is 11.3 Å². The second kappa shape index (κ2) is 9.41. The first-order valence-corrected chi connectivity index (χ1v) is 11.0. The van der Waals surface area contributed by atoms with Crippen LogP contribution in [0.4, 0.5) is 16.0 Å². The van der Waals surface area contributed by atoms with Crippen LogP contribution in [0.5, 0.6) is 0 Å². The summed E-state index contributed by atoms with van der Waals surface area (Å²) in [5.74, 6) is 0.383. The number of anilines is 1. The minimum atomic E-state index is -0.611. The van der Waals surface area contributed by atoms with Crippen LogP contribution in [0.2, 0.25) is 0 Å². The highest BCUT2D eigenvalue weighted by molar-refractivity contribution is 5.85. The molecule has 3 heterocycles. The first kappa shape index (κ1) is 22.9. The van der Waals surface area contributed by atoms with Crippen molar-refractivity contribution in [3.8, 4) is 11.3 Å². The molecule has 36 heavy (non-hydrogen) atoms. The van der Waals surface area contributed by atoms with E-state index in [2.05, 4.69) is 9.97 Å². The summed E-state index contributed by atoms with van der Waals surface area (Å²) in [6, 6.07) is 16.8. The molecule has 5 rings (SSSR count). The molecule has 0 saturated carbocycles. The lowest BCUT2D eigenvalue weighted by molar-refractivity contribution is -0.384. The minimum absolute atomic E-state index is 0.0115. The number of amides is 1. The number of benzene rings is 2. The van der Waals surface area contributed by atoms with Crippen LogP contribution in [0.3, 0.4) is 0 Å². The minimum Gasteiger partial charge on any atom is -0.440 e. The van der Waals surface area contributed by atoms with Crippen LogP contribution in [-0.4, -0.2) is 25.9 Å². The predicted molar refractivity (Wildman–Crippen MR) is 131 cm³/mol. The first-order valence-electron chi connectivity index (χ1n) is 11.0. The van der Waals surface area contributed by atoms with Gasteiger partial charge in [0.15, 0.2) is 0 Å². The average molecular weight is 485 g/mol. The Morgan fingerprint density at radius 1 is 1.14 bits per heavy atom. The largest absolute Gasteiger partial charge is 0.440 e. The molecule has 1 atom stereocenters. The summed E-state index contributed by atoms with van der Waals surface area (Å²) in [4.78, 5) is 33.4. The van der Waals surface area contributed by atoms with Crippen molar-refractivity contribution >= 4 is 29.0 Å². The van der Waals surface area contributed by atoms with Gasteiger partial charge in [-0.1, -0.05) is 6.07 Å². The fraction of sp³-hybridized carbons (Fsp3) is 0.115. The summed E-state index contributed by atoms with van der Waals surface area (Å²) in [7, 11) is 1.81. The van der Waals surface area contributed by atoms with Crippen molar-refractivity contribution in [2.24, 2.45) is 7.05 Å². The highest BCUT2D eigenvalue weighted by Crippen LogP contribution is 2.34. The molecule has 0 aliphatic rings. The van der Waals surface area contributed by atoms with Gasteiger partial charge in [0.2, 0.25) is 12.3 Å². The molecule has 0 N–H and O–H groups in total. The quantitative estimate of drug-likeness (QED) is 0.169. The van der Waals surface area contributed by atoms with Gasteiger partial charge in [-0.25, -0.2) is 9.37 Å². The fourth-order valence-electron chi connectivity index (χ4n) is 4.19. The lowest BCUT2D eigenvalue weighted by Crippen LogP contribution is -2.31. The molecule has 2 aromatic carbocycles. The maximum Gasteiger partial charge on any atom is 0.269 e. The van der Waals surface area contributed by atoms with Gasteiger partial charge in [0.05, 0.1) is 16.8 Å². The van der Waals surface area contributed by atoms with Crippen molar-refractivity contribution < 1.29 is 18.5 Å². The van der Waals surface area contributed by atoms with E-state index in [0.29, 0.717) is 35.3 Å². The average Bonchev–Trinajstić information content (AvgIpc) is 3.47. The van der Waals surface area contributed by atoms with Crippen LogP contribution in [0.1, 0.15) is 17.6 Å². The molecule has 1 amide bonds. The number of rotatable bonds is 8. The third-order valence-electron chi connectivity index (χ3n) is 5.99. The number of furan rings is 1. The molecular formula is C26H20FN5O4. The Balaban J connectivity index is 1.58. The number of imidazole rings is 1. The van der Waals surface area contributed by atoms with Gasteiger partial charge in [-0.15, -0.1) is 0 Å². The Hall–Kier alpha value is -4.86. The van der Waals surface area contributed by atoms with E-state index in [1.807, 2.05) is 23.7 Å². The number of hydrogen-bond acceptors (Lipinski definition) is 6. The molecule has 0 aliphatic heterocycles. The van der Waals surface area contributed by atoms with Crippen molar-refractivity contribution in [2.45, 2.75) is 12.5 Å². The number of hydrogen-bond donors (Lipinski definition) is 0. The molecule has 0 aliphatic carbocycles. The van der Waals surface area contributed by atoms with Gasteiger partial charge in [-0.3, -0.25) is 24.8 Å². The zero-order valence-electron chi connectivity index (χ0n) is 19.1. The number of nitrogens with zero attached hydrogens (tertiary/aromatic N) is 5. The smallest absolute Gasteiger partial charge is 0.269 e. The van der Waals surface area contributed by atoms with Gasteiger partial charge in [0.1, 0.15) is 23.3 Å². The van der Waals surface area contributed by atoms with Crippen molar-refractivity contribution in [1.29, 1.82) is 0 Å². The van der Waals surface area contributed by atoms with Gasteiger partial charge >= 0.3 is 0 Å². The molecule has 1 unspecified atom stereocenters. The number of carbonyl (C=O) groups is 1. The van der Waals surface area contributed by atoms with Crippen molar-refractivity contribution in [1.82, 2.24) is 14.5 Å². The van der Waals surface area contributed by atoms with Gasteiger partial charge in [-0.05, 0) is 42.5 Å². The molecule has 10 heteroatoms. The second-order valence-electron chi connectivity index (χ2n) is 8.19. The van der Waals surface area contributed by atoms with Crippen LogP contribution in [0.15, 0.2) is 83.5 Å². The van der Waals surface area contributed by atoms with E-state index >= 15 is 0 Å². The first-order chi connectivity index (χ1) is 17.4. The second-order valence-corrected chi connectivity index (χ2v) is 8.19. The van der Waals surface area contributed by atoms with Crippen LogP contribution in [0.25, 0.3) is 22.2 Å². The highest BCUT2D eigenvalue weighted by atomic mass is 19.1. The normalized spacial score (nSPS) is 11.9. The number of pyridine rings is 1. The Bertz CT molecular complexity index is 1550. The SMILES string of the molecule is Cn1c(-c2ccc([N+](=O)[O-])cc2)cnc1C(Cc1ccccn1)N(C=O)c1cc2cc(F)ccc2o1. The topological polar surface area (TPSA) is 107 Å². The molecule has 0 saturated heterocycles. The Kier molecular flexibility index (Phi) is 5.99. The van der Waals surface area contributed by atoms with Crippen LogP contribution >= 0.6 is 0 Å². The summed E-state index contributed by atoms with van der Waals surface area (Å²) in [5, 5.41) is 11.6. The maximum atomic E-state index is 13.7. The molecule has 180 valence electrons. The van der Waals surface area contributed by atoms with Gasteiger partial charge in [0, 0.05) is 54.5 Å². The van der Waals surface area contributed by atoms with E-state index in [1.54, 1.807) is 36.7 Å². The van der Waals surface area contributed by atoms with Gasteiger partial charge < -0.3 is 8.98 Å². The lowest BCUT2D eigenvalue weighted by Gasteiger charge is -2.26. The summed E-state index contributed by atoms with van der Waals surface area (Å²) in [5.41, 5.74) is 2.61. The molecule has 9 nitrogen and oxygen atoms in total. The Morgan fingerprint density at radius 2 is 1.94 bits per heavy atom. The third kappa shape index (κ3) is 4.31. The van der Waals surface area contributed by atoms with E-state index in [1.165, 1.54) is 35.2 Å². The molecular weight excluding hydrogens is 465 g/mol. The number of nitro groups is 1. The zero-order valence-corrected chi connectivity index (χ0v) is 19.1. The number of aromatic nitrogens is 3. The van der Waals surface area contributed by atoms with Gasteiger partial charge in [-0.2, -0.15) is 0 Å². The molecule has 0 bridgehead atoms. The molecule has 0 radical (unpaired) electrons. The van der Waals surface area contributed by atoms with E-state index in [4.69, 9.17) is 4.42 Å². The third-order valence-corrected chi connectivity index (χ3v) is 5.99. The molecule has 0 spiro atoms. The molecule has 5 aromatic rings. The van der Waals surface area contributed by atoms with Crippen LogP contribution in [-0.2, 0) is 18.3 Å². The summed E-state index contributed by atoms with van der Waals surface area (Å²) < 4.78 is 21.5. The standard InChI is InChI=1S/C26H20FN5O4/c1-30-23(17-5-8-21(9-6-17)32(34)35)15-29-26(30)22(14-20-4-2-3-11-28-20)31(16-33)25-13-18-12-19(27)7-10-24(18)36-25/h2-13,15-16,22H,14H2,1H3. The Labute approximate surface area is 204 Å². The number of halogens is 1. The van der Waals surface area contributed by atoms with Gasteiger partial charge in [0.25, 0.3) is 5.69 Å². The van der Waals surface area contributed by atoms with Crippen LogP contribution < -0.4 is 4.90 Å². The number of nitro benzene ring substituents is 1. The molecule has 3 aromatic heterocycles. The number of non-ortho nitro benzene ring substituents is 1.